The molecule has 1 fully saturated rings. The van der Waals surface area contributed by atoms with Crippen LogP contribution in [0.25, 0.3) is 0 Å². The van der Waals surface area contributed by atoms with E-state index in [9.17, 15) is 13.2 Å². The van der Waals surface area contributed by atoms with Gasteiger partial charge in [-0.25, -0.2) is 8.42 Å². The first-order valence-corrected chi connectivity index (χ1v) is 11.0. The van der Waals surface area contributed by atoms with Gasteiger partial charge in [0.25, 0.3) is 15.9 Å². The number of hydrogen-bond acceptors (Lipinski definition) is 6. The minimum Gasteiger partial charge on any atom is -0.485 e. The lowest BCUT2D eigenvalue weighted by Crippen LogP contribution is -2.54. The zero-order valence-corrected chi connectivity index (χ0v) is 16.6. The molecule has 0 N–H and O–H groups in total. The van der Waals surface area contributed by atoms with Crippen LogP contribution < -0.4 is 9.47 Å². The number of carbonyl (C=O) groups is 1. The number of carbonyl (C=O) groups excluding carboxylic acids is 1. The summed E-state index contributed by atoms with van der Waals surface area (Å²) in [6.45, 7) is 1.21. The van der Waals surface area contributed by atoms with E-state index in [1.165, 1.54) is 10.4 Å². The van der Waals surface area contributed by atoms with Gasteiger partial charge in [0.05, 0.1) is 4.34 Å². The van der Waals surface area contributed by atoms with Crippen LogP contribution in [0.4, 0.5) is 0 Å². The van der Waals surface area contributed by atoms with Gasteiger partial charge >= 0.3 is 0 Å². The Morgan fingerprint density at radius 3 is 2.44 bits per heavy atom. The maximum Gasteiger partial charge on any atom is 0.267 e. The number of para-hydroxylation sites is 2. The number of sulfonamides is 1. The summed E-state index contributed by atoms with van der Waals surface area (Å²) in [6, 6.07) is 10.3. The molecule has 2 aliphatic heterocycles. The van der Waals surface area contributed by atoms with Gasteiger partial charge in [-0.2, -0.15) is 4.31 Å². The fraction of sp³-hybridized carbons (Fsp3) is 0.353. The molecule has 10 heteroatoms. The summed E-state index contributed by atoms with van der Waals surface area (Å²) in [5, 5.41) is 0. The summed E-state index contributed by atoms with van der Waals surface area (Å²) in [7, 11) is -3.58. The van der Waals surface area contributed by atoms with Crippen molar-refractivity contribution in [1.82, 2.24) is 9.21 Å². The predicted molar refractivity (Wildman–Crippen MR) is 101 cm³/mol. The molecule has 0 spiro atoms. The summed E-state index contributed by atoms with van der Waals surface area (Å²) in [5.41, 5.74) is 0. The molecule has 3 heterocycles. The molecule has 7 nitrogen and oxygen atoms in total. The van der Waals surface area contributed by atoms with Gasteiger partial charge < -0.3 is 14.4 Å². The van der Waals surface area contributed by atoms with Crippen LogP contribution in [0.1, 0.15) is 0 Å². The number of hydrogen-bond donors (Lipinski definition) is 0. The average molecular weight is 429 g/mol. The Morgan fingerprint density at radius 1 is 1.07 bits per heavy atom. The smallest absolute Gasteiger partial charge is 0.267 e. The van der Waals surface area contributed by atoms with E-state index >= 15 is 0 Å². The molecule has 0 radical (unpaired) electrons. The van der Waals surface area contributed by atoms with Crippen LogP contribution in [-0.4, -0.2) is 62.4 Å². The molecular formula is C17H17ClN2O5S2. The molecular weight excluding hydrogens is 412 g/mol. The van der Waals surface area contributed by atoms with E-state index in [0.717, 1.165) is 11.3 Å². The van der Waals surface area contributed by atoms with E-state index in [0.29, 0.717) is 28.9 Å². The molecule has 1 amide bonds. The minimum atomic E-state index is -3.58. The highest BCUT2D eigenvalue weighted by Gasteiger charge is 2.35. The Hall–Kier alpha value is -1.81. The van der Waals surface area contributed by atoms with Crippen LogP contribution in [0.15, 0.2) is 40.6 Å². The summed E-state index contributed by atoms with van der Waals surface area (Å²) in [6.07, 6.45) is -0.723. The quantitative estimate of drug-likeness (QED) is 0.748. The van der Waals surface area contributed by atoms with Crippen molar-refractivity contribution in [1.29, 1.82) is 0 Å². The molecule has 1 unspecified atom stereocenters. The van der Waals surface area contributed by atoms with E-state index < -0.39 is 16.1 Å². The fourth-order valence-electron chi connectivity index (χ4n) is 3.06. The number of benzene rings is 1. The van der Waals surface area contributed by atoms with Crippen molar-refractivity contribution in [3.63, 3.8) is 0 Å². The summed E-state index contributed by atoms with van der Waals surface area (Å²) in [4.78, 5) is 14.4. The number of ether oxygens (including phenoxy) is 2. The first-order chi connectivity index (χ1) is 12.9. The predicted octanol–water partition coefficient (Wildman–Crippen LogP) is 2.07. The van der Waals surface area contributed by atoms with Crippen LogP contribution in [0, 0.1) is 0 Å². The molecule has 1 aromatic heterocycles. The maximum atomic E-state index is 12.7. The summed E-state index contributed by atoms with van der Waals surface area (Å²) in [5.74, 6) is 0.964. The van der Waals surface area contributed by atoms with E-state index in [-0.39, 0.29) is 29.8 Å². The first kappa shape index (κ1) is 18.5. The molecule has 2 aromatic rings. The van der Waals surface area contributed by atoms with Crippen molar-refractivity contribution in [2.24, 2.45) is 0 Å². The molecule has 4 rings (SSSR count). The summed E-state index contributed by atoms with van der Waals surface area (Å²) < 4.78 is 38.7. The number of nitrogens with zero attached hydrogens (tertiary/aromatic N) is 2. The summed E-state index contributed by atoms with van der Waals surface area (Å²) >= 11 is 6.88. The molecule has 1 aromatic carbocycles. The standard InChI is InChI=1S/C17H17ClN2O5S2/c18-15-5-6-16(26-15)27(22,23)20-9-7-19(8-10-20)17(21)14-11-24-12-3-1-2-4-13(12)25-14/h1-6,14H,7-11H2. The van der Waals surface area contributed by atoms with E-state index in [4.69, 9.17) is 21.1 Å². The highest BCUT2D eigenvalue weighted by molar-refractivity contribution is 7.91. The van der Waals surface area contributed by atoms with Crippen molar-refractivity contribution in [3.05, 3.63) is 40.7 Å². The maximum absolute atomic E-state index is 12.7. The van der Waals surface area contributed by atoms with Gasteiger partial charge in [0.15, 0.2) is 11.5 Å². The van der Waals surface area contributed by atoms with Gasteiger partial charge in [-0.1, -0.05) is 23.7 Å². The number of rotatable bonds is 3. The van der Waals surface area contributed by atoms with Crippen LogP contribution in [0.3, 0.4) is 0 Å². The minimum absolute atomic E-state index is 0.141. The third kappa shape index (κ3) is 3.64. The Morgan fingerprint density at radius 2 is 1.78 bits per heavy atom. The van der Waals surface area contributed by atoms with Crippen LogP contribution in [-0.2, 0) is 14.8 Å². The van der Waals surface area contributed by atoms with Crippen molar-refractivity contribution < 1.29 is 22.7 Å². The molecule has 0 aliphatic carbocycles. The molecule has 0 bridgehead atoms. The third-order valence-electron chi connectivity index (χ3n) is 4.48. The molecule has 2 aliphatic rings. The fourth-order valence-corrected chi connectivity index (χ4v) is 6.12. The number of piperazine rings is 1. The van der Waals surface area contributed by atoms with Crippen LogP contribution in [0.2, 0.25) is 4.34 Å². The molecule has 1 atom stereocenters. The number of halogens is 1. The molecule has 144 valence electrons. The van der Waals surface area contributed by atoms with E-state index in [1.54, 1.807) is 23.1 Å². The third-order valence-corrected chi connectivity index (χ3v) is 8.07. The van der Waals surface area contributed by atoms with Gasteiger partial charge in [0.1, 0.15) is 10.8 Å². The van der Waals surface area contributed by atoms with Crippen molar-refractivity contribution in [2.75, 3.05) is 32.8 Å². The lowest BCUT2D eigenvalue weighted by Gasteiger charge is -2.36. The second-order valence-corrected chi connectivity index (χ2v) is 10.0. The van der Waals surface area contributed by atoms with Gasteiger partial charge in [0.2, 0.25) is 6.10 Å². The van der Waals surface area contributed by atoms with Gasteiger partial charge in [0, 0.05) is 26.2 Å². The topological polar surface area (TPSA) is 76.2 Å². The monoisotopic (exact) mass is 428 g/mol. The highest BCUT2D eigenvalue weighted by atomic mass is 35.5. The Kier molecular flexibility index (Phi) is 5.02. The van der Waals surface area contributed by atoms with Crippen molar-refractivity contribution in [3.8, 4) is 11.5 Å². The number of thiophene rings is 1. The molecule has 1 saturated heterocycles. The Labute approximate surface area is 166 Å². The second kappa shape index (κ2) is 7.31. The number of amides is 1. The normalized spacial score (nSPS) is 20.5. The van der Waals surface area contributed by atoms with Gasteiger partial charge in [-0.3, -0.25) is 4.79 Å². The zero-order valence-electron chi connectivity index (χ0n) is 14.2. The highest BCUT2D eigenvalue weighted by Crippen LogP contribution is 2.32. The molecule has 27 heavy (non-hydrogen) atoms. The lowest BCUT2D eigenvalue weighted by atomic mass is 10.2. The SMILES string of the molecule is O=C(C1COc2ccccc2O1)N1CCN(S(=O)(=O)c2ccc(Cl)s2)CC1. The molecule has 0 saturated carbocycles. The van der Waals surface area contributed by atoms with Crippen LogP contribution in [0.5, 0.6) is 11.5 Å². The number of fused-ring (bicyclic) bond motifs is 1. The van der Waals surface area contributed by atoms with Gasteiger partial charge in [-0.05, 0) is 24.3 Å². The van der Waals surface area contributed by atoms with E-state index in [1.807, 2.05) is 12.1 Å². The Balaban J connectivity index is 1.39. The Bertz CT molecular complexity index is 954. The lowest BCUT2D eigenvalue weighted by molar-refractivity contribution is -0.142. The van der Waals surface area contributed by atoms with Crippen molar-refractivity contribution >= 4 is 38.9 Å². The average Bonchev–Trinajstić information content (AvgIpc) is 3.14. The van der Waals surface area contributed by atoms with E-state index in [2.05, 4.69) is 0 Å². The zero-order chi connectivity index (χ0) is 19.0. The van der Waals surface area contributed by atoms with Gasteiger partial charge in [-0.15, -0.1) is 11.3 Å². The van der Waals surface area contributed by atoms with Crippen molar-refractivity contribution in [2.45, 2.75) is 10.3 Å². The van der Waals surface area contributed by atoms with Crippen LogP contribution >= 0.6 is 22.9 Å². The first-order valence-electron chi connectivity index (χ1n) is 8.38. The second-order valence-electron chi connectivity index (χ2n) is 6.15. The largest absolute Gasteiger partial charge is 0.485 e.